The van der Waals surface area contributed by atoms with Gasteiger partial charge >= 0.3 is 0 Å². The topological polar surface area (TPSA) is 29.1 Å². The van der Waals surface area contributed by atoms with E-state index in [1.54, 1.807) is 0 Å². The second-order valence-electron chi connectivity index (χ2n) is 6.87. The Labute approximate surface area is 134 Å². The molecule has 0 bridgehead atoms. The summed E-state index contributed by atoms with van der Waals surface area (Å²) in [5, 5.41) is 3.53. The molecule has 0 aromatic rings. The first-order valence-corrected chi connectivity index (χ1v) is 9.13. The fourth-order valence-electron chi connectivity index (χ4n) is 2.72. The molecule has 1 aliphatic rings. The first kappa shape index (κ1) is 22.9. The maximum absolute atomic E-state index is 12.3. The van der Waals surface area contributed by atoms with Crippen LogP contribution in [-0.4, -0.2) is 17.4 Å². The van der Waals surface area contributed by atoms with Crippen molar-refractivity contribution in [3.05, 3.63) is 0 Å². The van der Waals surface area contributed by atoms with Crippen molar-refractivity contribution < 1.29 is 4.79 Å². The summed E-state index contributed by atoms with van der Waals surface area (Å²) in [7, 11) is 0. The van der Waals surface area contributed by atoms with Gasteiger partial charge in [0.15, 0.2) is 5.78 Å². The Morgan fingerprint density at radius 1 is 0.905 bits per heavy atom. The van der Waals surface area contributed by atoms with Crippen LogP contribution in [0.1, 0.15) is 100 Å². The average Bonchev–Trinajstić information content (AvgIpc) is 2.39. The van der Waals surface area contributed by atoms with Crippen LogP contribution in [0.25, 0.3) is 0 Å². The molecule has 0 spiro atoms. The monoisotopic (exact) mass is 299 g/mol. The molecule has 0 radical (unpaired) electrons. The fraction of sp³-hybridized carbons (Fsp3) is 0.947. The third-order valence-corrected chi connectivity index (χ3v) is 3.27. The van der Waals surface area contributed by atoms with Crippen LogP contribution in [0.15, 0.2) is 0 Å². The Morgan fingerprint density at radius 2 is 1.29 bits per heavy atom. The van der Waals surface area contributed by atoms with Gasteiger partial charge in [0.05, 0.1) is 5.54 Å². The molecule has 2 nitrogen and oxygen atoms in total. The highest BCUT2D eigenvalue weighted by Gasteiger charge is 2.40. The van der Waals surface area contributed by atoms with Crippen molar-refractivity contribution in [2.45, 2.75) is 112 Å². The van der Waals surface area contributed by atoms with Gasteiger partial charge in [0.1, 0.15) is 0 Å². The van der Waals surface area contributed by atoms with E-state index in [9.17, 15) is 4.79 Å². The molecule has 1 saturated carbocycles. The number of carbonyl (C=O) groups excluding carboxylic acids is 1. The van der Waals surface area contributed by atoms with E-state index in [0.29, 0.717) is 11.8 Å². The number of ketones is 1. The van der Waals surface area contributed by atoms with Gasteiger partial charge in [0.2, 0.25) is 0 Å². The second-order valence-corrected chi connectivity index (χ2v) is 6.87. The third-order valence-electron chi connectivity index (χ3n) is 3.27. The van der Waals surface area contributed by atoms with Crippen molar-refractivity contribution in [2.24, 2.45) is 5.92 Å². The maximum Gasteiger partial charge on any atom is 0.155 e. The lowest BCUT2D eigenvalue weighted by Crippen LogP contribution is -2.57. The molecule has 0 aromatic heterocycles. The lowest BCUT2D eigenvalue weighted by Gasteiger charge is -2.39. The van der Waals surface area contributed by atoms with Crippen LogP contribution in [0.5, 0.6) is 0 Å². The number of hydrogen-bond acceptors (Lipinski definition) is 2. The predicted molar refractivity (Wildman–Crippen MR) is 95.9 cm³/mol. The molecule has 0 aromatic carbocycles. The maximum atomic E-state index is 12.3. The number of Topliss-reactive ketones (excluding diaryl/α,β-unsaturated/α-hetero) is 1. The molecule has 1 rings (SSSR count). The number of rotatable bonds is 4. The molecule has 0 aliphatic heterocycles. The van der Waals surface area contributed by atoms with Crippen LogP contribution >= 0.6 is 0 Å². The van der Waals surface area contributed by atoms with Crippen LogP contribution in [0.3, 0.4) is 0 Å². The SMILES string of the molecule is CC(C)NC1(C(=O)C(C)C)CCCCC1.CCC.CCC. The third kappa shape index (κ3) is 10.1. The van der Waals surface area contributed by atoms with Crippen molar-refractivity contribution in [1.82, 2.24) is 5.32 Å². The highest BCUT2D eigenvalue weighted by molar-refractivity contribution is 5.90. The smallest absolute Gasteiger partial charge is 0.155 e. The summed E-state index contributed by atoms with van der Waals surface area (Å²) in [6.45, 7) is 16.8. The van der Waals surface area contributed by atoms with E-state index in [1.165, 1.54) is 32.1 Å². The minimum absolute atomic E-state index is 0.148. The molecule has 21 heavy (non-hydrogen) atoms. The van der Waals surface area contributed by atoms with E-state index in [1.807, 2.05) is 13.8 Å². The summed E-state index contributed by atoms with van der Waals surface area (Å²) in [5.41, 5.74) is -0.208. The molecule has 1 aliphatic carbocycles. The van der Waals surface area contributed by atoms with E-state index < -0.39 is 0 Å². The van der Waals surface area contributed by atoms with Crippen LogP contribution in [-0.2, 0) is 4.79 Å². The van der Waals surface area contributed by atoms with E-state index in [0.717, 1.165) is 12.8 Å². The fourth-order valence-corrected chi connectivity index (χ4v) is 2.72. The first-order valence-electron chi connectivity index (χ1n) is 9.13. The Balaban J connectivity index is 0. The molecule has 1 N–H and O–H groups in total. The first-order chi connectivity index (χ1) is 9.81. The summed E-state index contributed by atoms with van der Waals surface area (Å²) < 4.78 is 0. The molecule has 128 valence electrons. The molecule has 1 fully saturated rings. The van der Waals surface area contributed by atoms with Gasteiger partial charge in [-0.3, -0.25) is 4.79 Å². The van der Waals surface area contributed by atoms with Gasteiger partial charge in [-0.2, -0.15) is 0 Å². The van der Waals surface area contributed by atoms with Crippen molar-refractivity contribution >= 4 is 5.78 Å². The molecule has 0 atom stereocenters. The molecule has 0 unspecified atom stereocenters. The predicted octanol–water partition coefficient (Wildman–Crippen LogP) is 5.75. The zero-order chi connectivity index (χ0) is 16.9. The molecular weight excluding hydrogens is 258 g/mol. The molecular formula is C19H41NO. The van der Waals surface area contributed by atoms with Gasteiger partial charge < -0.3 is 5.32 Å². The highest BCUT2D eigenvalue weighted by Crippen LogP contribution is 2.31. The second kappa shape index (κ2) is 13.3. The molecule has 0 saturated heterocycles. The van der Waals surface area contributed by atoms with Crippen molar-refractivity contribution in [2.75, 3.05) is 0 Å². The quantitative estimate of drug-likeness (QED) is 0.716. The van der Waals surface area contributed by atoms with Gasteiger partial charge in [-0.25, -0.2) is 0 Å². The lowest BCUT2D eigenvalue weighted by molar-refractivity contribution is -0.130. The minimum Gasteiger partial charge on any atom is -0.303 e. The van der Waals surface area contributed by atoms with E-state index in [-0.39, 0.29) is 11.5 Å². The summed E-state index contributed by atoms with van der Waals surface area (Å²) in [4.78, 5) is 12.3. The lowest BCUT2D eigenvalue weighted by atomic mass is 9.75. The number of carbonyl (C=O) groups is 1. The van der Waals surface area contributed by atoms with E-state index >= 15 is 0 Å². The van der Waals surface area contributed by atoms with Crippen LogP contribution in [0.2, 0.25) is 0 Å². The zero-order valence-electron chi connectivity index (χ0n) is 16.0. The summed E-state index contributed by atoms with van der Waals surface area (Å²) in [6.07, 6.45) is 8.23. The largest absolute Gasteiger partial charge is 0.303 e. The van der Waals surface area contributed by atoms with Crippen LogP contribution in [0, 0.1) is 5.92 Å². The Morgan fingerprint density at radius 3 is 1.57 bits per heavy atom. The van der Waals surface area contributed by atoms with Crippen molar-refractivity contribution in [1.29, 1.82) is 0 Å². The molecule has 0 amide bonds. The van der Waals surface area contributed by atoms with Gasteiger partial charge in [-0.05, 0) is 26.7 Å². The van der Waals surface area contributed by atoms with Crippen LogP contribution < -0.4 is 5.32 Å². The van der Waals surface area contributed by atoms with E-state index in [2.05, 4.69) is 46.9 Å². The Kier molecular flexibility index (Phi) is 14.5. The Hall–Kier alpha value is -0.370. The highest BCUT2D eigenvalue weighted by atomic mass is 16.1. The summed E-state index contributed by atoms with van der Waals surface area (Å²) >= 11 is 0. The van der Waals surface area contributed by atoms with Gasteiger partial charge in [-0.1, -0.05) is 73.6 Å². The number of hydrogen-bond donors (Lipinski definition) is 1. The number of nitrogens with one attached hydrogen (secondary N) is 1. The van der Waals surface area contributed by atoms with Gasteiger partial charge in [0.25, 0.3) is 0 Å². The van der Waals surface area contributed by atoms with Crippen molar-refractivity contribution in [3.63, 3.8) is 0 Å². The zero-order valence-corrected chi connectivity index (χ0v) is 16.0. The Bertz CT molecular complexity index is 238. The normalized spacial score (nSPS) is 16.7. The summed E-state index contributed by atoms with van der Waals surface area (Å²) in [6, 6.07) is 0.394. The average molecular weight is 300 g/mol. The summed E-state index contributed by atoms with van der Waals surface area (Å²) in [5.74, 6) is 0.560. The molecule has 0 heterocycles. The minimum atomic E-state index is -0.208. The van der Waals surface area contributed by atoms with Crippen molar-refractivity contribution in [3.8, 4) is 0 Å². The standard InChI is InChI=1S/C13H25NO.2C3H8/c1-10(2)12(15)13(14-11(3)4)8-6-5-7-9-13;2*1-3-2/h10-11,14H,5-9H2,1-4H3;2*3H2,1-2H3. The van der Waals surface area contributed by atoms with E-state index in [4.69, 9.17) is 0 Å². The molecule has 2 heteroatoms. The van der Waals surface area contributed by atoms with Crippen LogP contribution in [0.4, 0.5) is 0 Å². The van der Waals surface area contributed by atoms with Gasteiger partial charge in [-0.15, -0.1) is 0 Å². The van der Waals surface area contributed by atoms with Gasteiger partial charge in [0, 0.05) is 12.0 Å².